The maximum atomic E-state index is 13.1. The van der Waals surface area contributed by atoms with Gasteiger partial charge in [-0.2, -0.15) is 0 Å². The van der Waals surface area contributed by atoms with E-state index in [9.17, 15) is 4.79 Å². The number of hydrogen-bond acceptors (Lipinski definition) is 3. The molecule has 0 unspecified atom stereocenters. The lowest BCUT2D eigenvalue weighted by Gasteiger charge is -2.46. The molecule has 3 heterocycles. The third-order valence-electron chi connectivity index (χ3n) is 6.39. The van der Waals surface area contributed by atoms with Crippen molar-refractivity contribution in [2.24, 2.45) is 5.92 Å². The molecule has 1 aliphatic heterocycles. The van der Waals surface area contributed by atoms with E-state index in [0.29, 0.717) is 5.69 Å². The fraction of sp³-hybridized carbons (Fsp3) is 0.600. The van der Waals surface area contributed by atoms with Gasteiger partial charge < -0.3 is 10.2 Å². The number of fused-ring (bicyclic) bond motifs is 4. The average Bonchev–Trinajstić information content (AvgIpc) is 3.14. The molecule has 2 aromatic heterocycles. The number of nitrogens with one attached hydrogen (secondary N) is 1. The van der Waals surface area contributed by atoms with Gasteiger partial charge in [-0.05, 0) is 50.2 Å². The number of nitrogens with zero attached hydrogens (tertiary/aromatic N) is 3. The molecule has 2 aromatic rings. The van der Waals surface area contributed by atoms with Crippen LogP contribution in [0.5, 0.6) is 0 Å². The van der Waals surface area contributed by atoms with Crippen LogP contribution >= 0.6 is 0 Å². The Morgan fingerprint density at radius 2 is 2.00 bits per heavy atom. The van der Waals surface area contributed by atoms with Gasteiger partial charge in [0.15, 0.2) is 5.69 Å². The summed E-state index contributed by atoms with van der Waals surface area (Å²) in [6, 6.07) is 6.01. The monoisotopic (exact) mass is 338 g/mol. The number of carbonyl (C=O) groups excluding carboxylic acids is 1. The molecular formula is C20H26N4O. The predicted molar refractivity (Wildman–Crippen MR) is 98.0 cm³/mol. The Kier molecular flexibility index (Phi) is 3.50. The van der Waals surface area contributed by atoms with Crippen LogP contribution in [0.4, 0.5) is 5.95 Å². The Balaban J connectivity index is 1.47. The summed E-state index contributed by atoms with van der Waals surface area (Å²) in [7, 11) is 0. The summed E-state index contributed by atoms with van der Waals surface area (Å²) in [5.41, 5.74) is 1.55. The minimum atomic E-state index is 0.00879. The van der Waals surface area contributed by atoms with Gasteiger partial charge in [0.2, 0.25) is 5.95 Å². The van der Waals surface area contributed by atoms with Crippen LogP contribution in [0.2, 0.25) is 0 Å². The standard InChI is InChI=1S/C20H26N4O/c25-18(22-20-9-3-1-7-15(13-20)14-20)17-16-8-2-4-12-24(16)19(21-17)23-10-5-6-11-23/h2,4,8,12,15H,1,3,5-7,9-11,13-14H2,(H,22,25). The normalized spacial score (nSPS) is 28.6. The Bertz CT molecular complexity index is 794. The van der Waals surface area contributed by atoms with Crippen LogP contribution in [0, 0.1) is 5.92 Å². The number of aromatic nitrogens is 2. The first-order chi connectivity index (χ1) is 12.2. The van der Waals surface area contributed by atoms with E-state index in [4.69, 9.17) is 4.98 Å². The smallest absolute Gasteiger partial charge is 0.272 e. The van der Waals surface area contributed by atoms with E-state index < -0.39 is 0 Å². The largest absolute Gasteiger partial charge is 0.345 e. The minimum Gasteiger partial charge on any atom is -0.345 e. The third kappa shape index (κ3) is 2.52. The van der Waals surface area contributed by atoms with Gasteiger partial charge in [0.05, 0.1) is 5.52 Å². The summed E-state index contributed by atoms with van der Waals surface area (Å²) in [5.74, 6) is 1.75. The van der Waals surface area contributed by atoms with Gasteiger partial charge in [0, 0.05) is 24.8 Å². The molecule has 0 spiro atoms. The van der Waals surface area contributed by atoms with E-state index in [0.717, 1.165) is 49.7 Å². The van der Waals surface area contributed by atoms with Crippen LogP contribution in [0.3, 0.4) is 0 Å². The van der Waals surface area contributed by atoms with Crippen molar-refractivity contribution < 1.29 is 4.79 Å². The quantitative estimate of drug-likeness (QED) is 0.933. The highest BCUT2D eigenvalue weighted by molar-refractivity contribution is 6.00. The van der Waals surface area contributed by atoms with Crippen molar-refractivity contribution in [3.05, 3.63) is 30.1 Å². The van der Waals surface area contributed by atoms with Crippen LogP contribution < -0.4 is 10.2 Å². The van der Waals surface area contributed by atoms with Gasteiger partial charge in [0.25, 0.3) is 5.91 Å². The van der Waals surface area contributed by atoms with Crippen molar-refractivity contribution in [2.45, 2.75) is 56.9 Å². The van der Waals surface area contributed by atoms with Gasteiger partial charge in [-0.25, -0.2) is 4.98 Å². The Hall–Kier alpha value is -2.04. The highest BCUT2D eigenvalue weighted by Gasteiger charge is 2.46. The summed E-state index contributed by atoms with van der Waals surface area (Å²) in [5, 5.41) is 3.38. The number of carbonyl (C=O) groups is 1. The van der Waals surface area contributed by atoms with E-state index in [2.05, 4.69) is 14.6 Å². The average molecular weight is 338 g/mol. The molecule has 5 heteroatoms. The second kappa shape index (κ2) is 5.75. The molecule has 3 aliphatic carbocycles. The van der Waals surface area contributed by atoms with E-state index in [-0.39, 0.29) is 11.4 Å². The molecule has 132 valence electrons. The number of anilines is 1. The highest BCUT2D eigenvalue weighted by atomic mass is 16.2. The molecule has 5 nitrogen and oxygen atoms in total. The number of rotatable bonds is 3. The zero-order valence-electron chi connectivity index (χ0n) is 14.7. The molecule has 0 radical (unpaired) electrons. The zero-order chi connectivity index (χ0) is 16.9. The van der Waals surface area contributed by atoms with Gasteiger partial charge >= 0.3 is 0 Å². The second-order valence-electron chi connectivity index (χ2n) is 8.16. The predicted octanol–water partition coefficient (Wildman–Crippen LogP) is 3.39. The molecule has 2 bridgehead atoms. The SMILES string of the molecule is O=C(NC12CCCCC(C1)C2)c1nc(N2CCCC2)n2ccccc12. The topological polar surface area (TPSA) is 49.6 Å². The molecule has 1 N–H and O–H groups in total. The van der Waals surface area contributed by atoms with Crippen LogP contribution in [-0.4, -0.2) is 33.9 Å². The van der Waals surface area contributed by atoms with Gasteiger partial charge in [-0.15, -0.1) is 0 Å². The van der Waals surface area contributed by atoms with E-state index in [1.54, 1.807) is 0 Å². The first kappa shape index (κ1) is 15.2. The Labute approximate surface area is 148 Å². The van der Waals surface area contributed by atoms with Crippen molar-refractivity contribution in [3.8, 4) is 0 Å². The lowest BCUT2D eigenvalue weighted by molar-refractivity contribution is 0.0700. The van der Waals surface area contributed by atoms with Crippen LogP contribution in [-0.2, 0) is 0 Å². The summed E-state index contributed by atoms with van der Waals surface area (Å²) in [6.07, 6.45) is 11.8. The number of pyridine rings is 1. The molecular weight excluding hydrogens is 312 g/mol. The van der Waals surface area contributed by atoms with Crippen molar-refractivity contribution in [1.82, 2.24) is 14.7 Å². The van der Waals surface area contributed by atoms with Gasteiger partial charge in [-0.3, -0.25) is 9.20 Å². The first-order valence-electron chi connectivity index (χ1n) is 9.79. The highest BCUT2D eigenvalue weighted by Crippen LogP contribution is 2.47. The van der Waals surface area contributed by atoms with Gasteiger partial charge in [0.1, 0.15) is 0 Å². The van der Waals surface area contributed by atoms with Crippen LogP contribution in [0.1, 0.15) is 61.9 Å². The molecule has 25 heavy (non-hydrogen) atoms. The van der Waals surface area contributed by atoms with Crippen molar-refractivity contribution in [2.75, 3.05) is 18.0 Å². The summed E-state index contributed by atoms with van der Waals surface area (Å²) >= 11 is 0. The van der Waals surface area contributed by atoms with E-state index in [1.165, 1.54) is 32.1 Å². The maximum absolute atomic E-state index is 13.1. The van der Waals surface area contributed by atoms with Crippen molar-refractivity contribution in [3.63, 3.8) is 0 Å². The Morgan fingerprint density at radius 1 is 1.16 bits per heavy atom. The first-order valence-corrected chi connectivity index (χ1v) is 9.79. The zero-order valence-corrected chi connectivity index (χ0v) is 14.7. The summed E-state index contributed by atoms with van der Waals surface area (Å²) in [6.45, 7) is 2.06. The Morgan fingerprint density at radius 3 is 2.84 bits per heavy atom. The van der Waals surface area contributed by atoms with Crippen LogP contribution in [0.15, 0.2) is 24.4 Å². The molecule has 0 aromatic carbocycles. The molecule has 0 atom stereocenters. The third-order valence-corrected chi connectivity index (χ3v) is 6.39. The molecule has 3 saturated carbocycles. The van der Waals surface area contributed by atoms with Crippen molar-refractivity contribution >= 4 is 17.4 Å². The van der Waals surface area contributed by atoms with Crippen LogP contribution in [0.25, 0.3) is 5.52 Å². The minimum absolute atomic E-state index is 0.00879. The number of hydrogen-bond donors (Lipinski definition) is 1. The summed E-state index contributed by atoms with van der Waals surface area (Å²) < 4.78 is 2.08. The maximum Gasteiger partial charge on any atom is 0.272 e. The lowest BCUT2D eigenvalue weighted by Crippen LogP contribution is -2.56. The molecule has 4 fully saturated rings. The van der Waals surface area contributed by atoms with Gasteiger partial charge in [-0.1, -0.05) is 25.3 Å². The molecule has 6 rings (SSSR count). The number of imidazole rings is 1. The lowest BCUT2D eigenvalue weighted by atomic mass is 9.67. The number of amides is 1. The molecule has 1 saturated heterocycles. The molecule has 4 aliphatic rings. The summed E-state index contributed by atoms with van der Waals surface area (Å²) in [4.78, 5) is 20.2. The fourth-order valence-electron chi connectivity index (χ4n) is 5.14. The second-order valence-corrected chi connectivity index (χ2v) is 8.16. The molecule has 1 amide bonds. The van der Waals surface area contributed by atoms with E-state index >= 15 is 0 Å². The van der Waals surface area contributed by atoms with E-state index in [1.807, 2.05) is 24.4 Å². The van der Waals surface area contributed by atoms with Crippen molar-refractivity contribution in [1.29, 1.82) is 0 Å². The fourth-order valence-corrected chi connectivity index (χ4v) is 5.14.